The summed E-state index contributed by atoms with van der Waals surface area (Å²) in [5.41, 5.74) is 5.60. The molecule has 21 heavy (non-hydrogen) atoms. The standard InChI is InChI=1S/C15H28N2O3S/c1-2-3-10-17(13-7-11-21(19,20)12-13)14(18)15(16)8-5-4-6-9-15/h13H,2-12,16H2,1H3. The van der Waals surface area contributed by atoms with Gasteiger partial charge in [0.25, 0.3) is 0 Å². The molecule has 122 valence electrons. The molecule has 6 heteroatoms. The fourth-order valence-corrected chi connectivity index (χ4v) is 5.21. The third kappa shape index (κ3) is 3.97. The first-order chi connectivity index (χ1) is 9.88. The van der Waals surface area contributed by atoms with Gasteiger partial charge in [-0.05, 0) is 25.7 Å². The minimum atomic E-state index is -2.98. The molecule has 0 aromatic carbocycles. The molecule has 5 nitrogen and oxygen atoms in total. The van der Waals surface area contributed by atoms with Crippen molar-refractivity contribution in [3.05, 3.63) is 0 Å². The molecule has 2 rings (SSSR count). The Hall–Kier alpha value is -0.620. The van der Waals surface area contributed by atoms with Crippen LogP contribution < -0.4 is 5.73 Å². The molecule has 1 atom stereocenters. The van der Waals surface area contributed by atoms with Gasteiger partial charge in [-0.1, -0.05) is 32.6 Å². The van der Waals surface area contributed by atoms with Gasteiger partial charge in [0.15, 0.2) is 9.84 Å². The predicted octanol–water partition coefficient (Wildman–Crippen LogP) is 1.46. The zero-order chi connectivity index (χ0) is 15.5. The van der Waals surface area contributed by atoms with Crippen molar-refractivity contribution in [2.24, 2.45) is 5.73 Å². The second kappa shape index (κ2) is 6.65. The second-order valence-electron chi connectivity index (χ2n) is 6.63. The maximum atomic E-state index is 12.9. The van der Waals surface area contributed by atoms with Crippen molar-refractivity contribution < 1.29 is 13.2 Å². The predicted molar refractivity (Wildman–Crippen MR) is 83.7 cm³/mol. The van der Waals surface area contributed by atoms with Gasteiger partial charge in [0, 0.05) is 12.6 Å². The van der Waals surface area contributed by atoms with Crippen LogP contribution >= 0.6 is 0 Å². The molecule has 0 bridgehead atoms. The molecular weight excluding hydrogens is 288 g/mol. The number of carbonyl (C=O) groups is 1. The van der Waals surface area contributed by atoms with Crippen LogP contribution in [0.1, 0.15) is 58.3 Å². The lowest BCUT2D eigenvalue weighted by molar-refractivity contribution is -0.140. The van der Waals surface area contributed by atoms with Gasteiger partial charge in [-0.2, -0.15) is 0 Å². The first-order valence-electron chi connectivity index (χ1n) is 8.18. The first kappa shape index (κ1) is 16.7. The minimum absolute atomic E-state index is 0.0160. The molecule has 0 radical (unpaired) electrons. The van der Waals surface area contributed by atoms with Crippen LogP contribution in [0.4, 0.5) is 0 Å². The van der Waals surface area contributed by atoms with Gasteiger partial charge in [-0.15, -0.1) is 0 Å². The molecule has 1 unspecified atom stereocenters. The van der Waals surface area contributed by atoms with Crippen molar-refractivity contribution in [1.29, 1.82) is 0 Å². The van der Waals surface area contributed by atoms with Gasteiger partial charge in [0.1, 0.15) is 0 Å². The summed E-state index contributed by atoms with van der Waals surface area (Å²) in [5, 5.41) is 0. The van der Waals surface area contributed by atoms with E-state index in [0.717, 1.165) is 44.9 Å². The van der Waals surface area contributed by atoms with Crippen LogP contribution in [0.5, 0.6) is 0 Å². The van der Waals surface area contributed by atoms with E-state index in [0.29, 0.717) is 13.0 Å². The van der Waals surface area contributed by atoms with E-state index < -0.39 is 15.4 Å². The number of amides is 1. The molecule has 1 saturated carbocycles. The summed E-state index contributed by atoms with van der Waals surface area (Å²) in [6.45, 7) is 2.71. The van der Waals surface area contributed by atoms with Gasteiger partial charge in [-0.25, -0.2) is 8.42 Å². The zero-order valence-electron chi connectivity index (χ0n) is 13.0. The van der Waals surface area contributed by atoms with Crippen LogP contribution in [0.15, 0.2) is 0 Å². The molecule has 1 saturated heterocycles. The number of hydrogen-bond donors (Lipinski definition) is 1. The molecule has 1 aliphatic carbocycles. The normalized spacial score (nSPS) is 27.4. The highest BCUT2D eigenvalue weighted by molar-refractivity contribution is 7.91. The van der Waals surface area contributed by atoms with Gasteiger partial charge in [-0.3, -0.25) is 4.79 Å². The van der Waals surface area contributed by atoms with Gasteiger partial charge < -0.3 is 10.6 Å². The average molecular weight is 316 g/mol. The smallest absolute Gasteiger partial charge is 0.242 e. The summed E-state index contributed by atoms with van der Waals surface area (Å²) < 4.78 is 23.5. The maximum absolute atomic E-state index is 12.9. The zero-order valence-corrected chi connectivity index (χ0v) is 13.8. The van der Waals surface area contributed by atoms with Crippen LogP contribution in [0.3, 0.4) is 0 Å². The summed E-state index contributed by atoms with van der Waals surface area (Å²) >= 11 is 0. The first-order valence-corrected chi connectivity index (χ1v) is 10.0. The fraction of sp³-hybridized carbons (Fsp3) is 0.933. The molecule has 0 aromatic heterocycles. The van der Waals surface area contributed by atoms with Crippen LogP contribution in [0, 0.1) is 0 Å². The summed E-state index contributed by atoms with van der Waals surface area (Å²) in [4.78, 5) is 14.7. The third-order valence-electron chi connectivity index (χ3n) is 4.83. The van der Waals surface area contributed by atoms with E-state index in [2.05, 4.69) is 6.92 Å². The second-order valence-corrected chi connectivity index (χ2v) is 8.85. The number of hydrogen-bond acceptors (Lipinski definition) is 4. The summed E-state index contributed by atoms with van der Waals surface area (Å²) in [7, 11) is -2.98. The molecule has 2 aliphatic rings. The highest BCUT2D eigenvalue weighted by Gasteiger charge is 2.42. The number of sulfone groups is 1. The van der Waals surface area contributed by atoms with Crippen LogP contribution in [0.2, 0.25) is 0 Å². The Morgan fingerprint density at radius 2 is 1.95 bits per heavy atom. The lowest BCUT2D eigenvalue weighted by atomic mass is 9.81. The number of rotatable bonds is 5. The van der Waals surface area contributed by atoms with E-state index in [4.69, 9.17) is 5.73 Å². The van der Waals surface area contributed by atoms with E-state index in [9.17, 15) is 13.2 Å². The van der Waals surface area contributed by atoms with Crippen LogP contribution in [-0.2, 0) is 14.6 Å². The largest absolute Gasteiger partial charge is 0.337 e. The van der Waals surface area contributed by atoms with Gasteiger partial charge >= 0.3 is 0 Å². The van der Waals surface area contributed by atoms with Crippen molar-refractivity contribution in [3.63, 3.8) is 0 Å². The van der Waals surface area contributed by atoms with E-state index in [1.54, 1.807) is 4.90 Å². The average Bonchev–Trinajstić information content (AvgIpc) is 2.80. The van der Waals surface area contributed by atoms with E-state index in [-0.39, 0.29) is 23.5 Å². The third-order valence-corrected chi connectivity index (χ3v) is 6.58. The number of nitrogens with two attached hydrogens (primary N) is 1. The fourth-order valence-electron chi connectivity index (χ4n) is 3.48. The lowest BCUT2D eigenvalue weighted by Crippen LogP contribution is -2.59. The van der Waals surface area contributed by atoms with Gasteiger partial charge in [0.05, 0.1) is 17.0 Å². The van der Waals surface area contributed by atoms with Crippen LogP contribution in [0.25, 0.3) is 0 Å². The van der Waals surface area contributed by atoms with Crippen molar-refractivity contribution in [2.75, 3.05) is 18.1 Å². The quantitative estimate of drug-likeness (QED) is 0.833. The van der Waals surface area contributed by atoms with Crippen molar-refractivity contribution in [3.8, 4) is 0 Å². The summed E-state index contributed by atoms with van der Waals surface area (Å²) in [5.74, 6) is 0.293. The number of unbranched alkanes of at least 4 members (excludes halogenated alkanes) is 1. The Balaban J connectivity index is 2.13. The molecule has 1 heterocycles. The topological polar surface area (TPSA) is 80.5 Å². The SMILES string of the molecule is CCCCN(C(=O)C1(N)CCCCC1)C1CCS(=O)(=O)C1. The Kier molecular flexibility index (Phi) is 5.30. The van der Waals surface area contributed by atoms with Crippen molar-refractivity contribution in [2.45, 2.75) is 69.9 Å². The van der Waals surface area contributed by atoms with Crippen molar-refractivity contribution >= 4 is 15.7 Å². The molecule has 1 aliphatic heterocycles. The van der Waals surface area contributed by atoms with E-state index in [1.807, 2.05) is 0 Å². The lowest BCUT2D eigenvalue weighted by Gasteiger charge is -2.39. The van der Waals surface area contributed by atoms with E-state index >= 15 is 0 Å². The highest BCUT2D eigenvalue weighted by Crippen LogP contribution is 2.30. The summed E-state index contributed by atoms with van der Waals surface area (Å²) in [6.07, 6.45) is 7.04. The van der Waals surface area contributed by atoms with E-state index in [1.165, 1.54) is 0 Å². The Morgan fingerprint density at radius 3 is 2.48 bits per heavy atom. The Morgan fingerprint density at radius 1 is 1.29 bits per heavy atom. The molecule has 2 N–H and O–H groups in total. The molecular formula is C15H28N2O3S. The highest BCUT2D eigenvalue weighted by atomic mass is 32.2. The molecule has 1 amide bonds. The number of carbonyl (C=O) groups excluding carboxylic acids is 1. The summed E-state index contributed by atoms with van der Waals surface area (Å²) in [6, 6.07) is -0.170. The maximum Gasteiger partial charge on any atom is 0.242 e. The number of nitrogens with zero attached hydrogens (tertiary/aromatic N) is 1. The molecule has 2 fully saturated rings. The molecule has 0 spiro atoms. The minimum Gasteiger partial charge on any atom is -0.337 e. The Labute approximate surface area is 128 Å². The monoisotopic (exact) mass is 316 g/mol. The Bertz CT molecular complexity index is 469. The van der Waals surface area contributed by atoms with Crippen LogP contribution in [-0.4, -0.2) is 48.9 Å². The van der Waals surface area contributed by atoms with Gasteiger partial charge in [0.2, 0.25) is 5.91 Å². The van der Waals surface area contributed by atoms with Crippen molar-refractivity contribution in [1.82, 2.24) is 4.90 Å². The molecule has 0 aromatic rings.